The van der Waals surface area contributed by atoms with Crippen molar-refractivity contribution >= 4 is 23.6 Å². The first kappa shape index (κ1) is 25.8. The Kier molecular flexibility index (Phi) is 14.6. The molecule has 0 unspecified atom stereocenters. The highest BCUT2D eigenvalue weighted by Gasteiger charge is 2.16. The number of carbonyl (C=O) groups is 4. The van der Waals surface area contributed by atoms with Crippen molar-refractivity contribution in [3.63, 3.8) is 0 Å². The van der Waals surface area contributed by atoms with Crippen LogP contribution in [0.25, 0.3) is 0 Å². The largest absolute Gasteiger partial charge is 0.396 e. The maximum absolute atomic E-state index is 12.1. The van der Waals surface area contributed by atoms with Crippen molar-refractivity contribution in [2.75, 3.05) is 52.5 Å². The lowest BCUT2D eigenvalue weighted by atomic mass is 10.3. The summed E-state index contributed by atoms with van der Waals surface area (Å²) in [6.07, 6.45) is 0.651. The van der Waals surface area contributed by atoms with Crippen LogP contribution in [0.5, 0.6) is 0 Å². The molecule has 0 aromatic heterocycles. The van der Waals surface area contributed by atoms with Crippen LogP contribution in [0.15, 0.2) is 0 Å². The lowest BCUT2D eigenvalue weighted by Gasteiger charge is -2.28. The van der Waals surface area contributed by atoms with E-state index in [1.165, 1.54) is 0 Å². The van der Waals surface area contributed by atoms with E-state index < -0.39 is 0 Å². The molecule has 10 heteroatoms. The van der Waals surface area contributed by atoms with E-state index in [0.717, 1.165) is 0 Å². The average Bonchev–Trinajstić information content (AvgIpc) is 2.68. The molecular weight excluding hydrogens is 368 g/mol. The van der Waals surface area contributed by atoms with Gasteiger partial charge in [-0.2, -0.15) is 0 Å². The minimum absolute atomic E-state index is 0.0164. The molecule has 28 heavy (non-hydrogen) atoms. The molecule has 0 aliphatic heterocycles. The maximum atomic E-state index is 12.1. The minimum Gasteiger partial charge on any atom is -0.396 e. The van der Waals surface area contributed by atoms with Gasteiger partial charge in [0.15, 0.2) is 0 Å². The summed E-state index contributed by atoms with van der Waals surface area (Å²) < 4.78 is 0. The smallest absolute Gasteiger partial charge is 0.222 e. The fraction of sp³-hybridized carbons (Fsp3) is 0.778. The van der Waals surface area contributed by atoms with Gasteiger partial charge in [-0.05, 0) is 0 Å². The number of nitrogens with zero attached hydrogens (tertiary/aromatic N) is 2. The number of aliphatic hydroxyl groups excluding tert-OH is 2. The van der Waals surface area contributed by atoms with E-state index in [-0.39, 0.29) is 62.8 Å². The first-order valence-corrected chi connectivity index (χ1v) is 9.70. The third-order valence-electron chi connectivity index (χ3n) is 4.04. The van der Waals surface area contributed by atoms with E-state index in [1.54, 1.807) is 23.6 Å². The van der Waals surface area contributed by atoms with E-state index >= 15 is 0 Å². The number of amides is 4. The molecular formula is C18H34N4O6. The Morgan fingerprint density at radius 2 is 1.04 bits per heavy atom. The molecule has 0 bridgehead atoms. The average molecular weight is 402 g/mol. The van der Waals surface area contributed by atoms with E-state index in [4.69, 9.17) is 10.2 Å². The molecule has 0 aromatic carbocycles. The topological polar surface area (TPSA) is 139 Å². The Balaban J connectivity index is 4.61. The van der Waals surface area contributed by atoms with Gasteiger partial charge in [0.2, 0.25) is 23.6 Å². The maximum Gasteiger partial charge on any atom is 0.222 e. The van der Waals surface area contributed by atoms with Crippen LogP contribution >= 0.6 is 0 Å². The van der Waals surface area contributed by atoms with Gasteiger partial charge >= 0.3 is 0 Å². The van der Waals surface area contributed by atoms with Crippen LogP contribution in [-0.4, -0.2) is 96.1 Å². The molecule has 0 saturated carbocycles. The first-order valence-electron chi connectivity index (χ1n) is 9.70. The SMILES string of the molecule is CCC(=O)N(CCNC(=O)CCO)CCN(CCNC(=O)CCO)C(=O)CC. The third kappa shape index (κ3) is 11.5. The van der Waals surface area contributed by atoms with Crippen LogP contribution < -0.4 is 10.6 Å². The highest BCUT2D eigenvalue weighted by molar-refractivity contribution is 5.78. The van der Waals surface area contributed by atoms with Crippen molar-refractivity contribution in [2.45, 2.75) is 39.5 Å². The molecule has 0 heterocycles. The molecule has 0 fully saturated rings. The van der Waals surface area contributed by atoms with Crippen molar-refractivity contribution in [1.29, 1.82) is 0 Å². The lowest BCUT2D eigenvalue weighted by molar-refractivity contribution is -0.135. The summed E-state index contributed by atoms with van der Waals surface area (Å²) in [6.45, 7) is 4.82. The number of aliphatic hydroxyl groups is 2. The van der Waals surface area contributed by atoms with Gasteiger partial charge in [-0.25, -0.2) is 0 Å². The molecule has 4 amide bonds. The Bertz CT molecular complexity index is 456. The van der Waals surface area contributed by atoms with Crippen LogP contribution in [-0.2, 0) is 19.2 Å². The molecule has 162 valence electrons. The highest BCUT2D eigenvalue weighted by Crippen LogP contribution is 1.99. The summed E-state index contributed by atoms with van der Waals surface area (Å²) in [5.41, 5.74) is 0. The van der Waals surface area contributed by atoms with Crippen molar-refractivity contribution in [3.05, 3.63) is 0 Å². The zero-order chi connectivity index (χ0) is 21.4. The quantitative estimate of drug-likeness (QED) is 0.262. The van der Waals surface area contributed by atoms with E-state index in [0.29, 0.717) is 39.0 Å². The second-order valence-electron chi connectivity index (χ2n) is 6.12. The van der Waals surface area contributed by atoms with Gasteiger partial charge in [0, 0.05) is 65.0 Å². The minimum atomic E-state index is -0.284. The Morgan fingerprint density at radius 1 is 0.679 bits per heavy atom. The van der Waals surface area contributed by atoms with Crippen molar-refractivity contribution in [3.8, 4) is 0 Å². The van der Waals surface area contributed by atoms with Crippen molar-refractivity contribution in [2.24, 2.45) is 0 Å². The Hall–Kier alpha value is -2.20. The number of hydrogen-bond acceptors (Lipinski definition) is 6. The number of hydrogen-bond donors (Lipinski definition) is 4. The zero-order valence-corrected chi connectivity index (χ0v) is 16.9. The summed E-state index contributed by atoms with van der Waals surface area (Å²) >= 11 is 0. The third-order valence-corrected chi connectivity index (χ3v) is 4.04. The van der Waals surface area contributed by atoms with E-state index in [9.17, 15) is 19.2 Å². The summed E-state index contributed by atoms with van der Waals surface area (Å²) in [5, 5.41) is 22.7. The number of nitrogens with one attached hydrogen (secondary N) is 2. The van der Waals surface area contributed by atoms with Gasteiger partial charge in [-0.1, -0.05) is 13.8 Å². The van der Waals surface area contributed by atoms with Gasteiger partial charge < -0.3 is 30.6 Å². The van der Waals surface area contributed by atoms with Crippen LogP contribution in [0.2, 0.25) is 0 Å². The molecule has 0 aliphatic carbocycles. The predicted molar refractivity (Wildman–Crippen MR) is 103 cm³/mol. The second-order valence-corrected chi connectivity index (χ2v) is 6.12. The second kappa shape index (κ2) is 15.8. The predicted octanol–water partition coefficient (Wildman–Crippen LogP) is -1.54. The monoisotopic (exact) mass is 402 g/mol. The van der Waals surface area contributed by atoms with Gasteiger partial charge in [0.25, 0.3) is 0 Å². The van der Waals surface area contributed by atoms with Crippen LogP contribution in [0.1, 0.15) is 39.5 Å². The molecule has 4 N–H and O–H groups in total. The number of carbonyl (C=O) groups excluding carboxylic acids is 4. The molecule has 0 aromatic rings. The standard InChI is InChI=1S/C18H34N4O6/c1-3-17(27)21(9-7-19-15(25)5-13-23)11-12-22(18(28)4-2)10-8-20-16(26)6-14-24/h23-24H,3-14H2,1-2H3,(H,19,25)(H,20,26). The normalized spacial score (nSPS) is 10.3. The highest BCUT2D eigenvalue weighted by atomic mass is 16.3. The van der Waals surface area contributed by atoms with Gasteiger partial charge in [0.05, 0.1) is 13.2 Å². The van der Waals surface area contributed by atoms with E-state index in [1.807, 2.05) is 0 Å². The summed E-state index contributed by atoms with van der Waals surface area (Å²) in [4.78, 5) is 50.2. The van der Waals surface area contributed by atoms with Crippen LogP contribution in [0, 0.1) is 0 Å². The summed E-state index contributed by atoms with van der Waals surface area (Å²) in [6, 6.07) is 0. The van der Waals surface area contributed by atoms with Gasteiger partial charge in [0.1, 0.15) is 0 Å². The van der Waals surface area contributed by atoms with Crippen LogP contribution in [0.3, 0.4) is 0 Å². The Labute approximate surface area is 166 Å². The first-order chi connectivity index (χ1) is 13.4. The summed E-state index contributed by atoms with van der Waals surface area (Å²) in [7, 11) is 0. The molecule has 0 spiro atoms. The lowest BCUT2D eigenvalue weighted by Crippen LogP contribution is -2.45. The zero-order valence-electron chi connectivity index (χ0n) is 16.9. The molecule has 0 aliphatic rings. The fourth-order valence-electron chi connectivity index (χ4n) is 2.45. The van der Waals surface area contributed by atoms with Crippen LogP contribution in [0.4, 0.5) is 0 Å². The van der Waals surface area contributed by atoms with Gasteiger partial charge in [-0.3, -0.25) is 19.2 Å². The molecule has 10 nitrogen and oxygen atoms in total. The molecule has 0 rings (SSSR count). The fourth-order valence-corrected chi connectivity index (χ4v) is 2.45. The molecule has 0 saturated heterocycles. The molecule has 0 radical (unpaired) electrons. The van der Waals surface area contributed by atoms with Crippen molar-refractivity contribution < 1.29 is 29.4 Å². The van der Waals surface area contributed by atoms with Gasteiger partial charge in [-0.15, -0.1) is 0 Å². The Morgan fingerprint density at radius 3 is 1.32 bits per heavy atom. The summed E-state index contributed by atoms with van der Waals surface area (Å²) in [5.74, 6) is -0.742. The number of rotatable bonds is 15. The van der Waals surface area contributed by atoms with Crippen molar-refractivity contribution in [1.82, 2.24) is 20.4 Å². The van der Waals surface area contributed by atoms with E-state index in [2.05, 4.69) is 10.6 Å². The molecule has 0 atom stereocenters.